The second kappa shape index (κ2) is 7.01. The molecule has 0 aliphatic carbocycles. The van der Waals surface area contributed by atoms with Crippen LogP contribution in [-0.2, 0) is 0 Å². The number of rotatable bonds is 5. The smallest absolute Gasteiger partial charge is 0.335 e. The van der Waals surface area contributed by atoms with Crippen LogP contribution >= 0.6 is 11.6 Å². The van der Waals surface area contributed by atoms with Gasteiger partial charge in [0, 0.05) is 16.8 Å². The van der Waals surface area contributed by atoms with Crippen LogP contribution in [0, 0.1) is 0 Å². The second-order valence-electron chi connectivity index (χ2n) is 5.58. The number of benzene rings is 2. The summed E-state index contributed by atoms with van der Waals surface area (Å²) in [4.78, 5) is 4.41. The van der Waals surface area contributed by atoms with Crippen LogP contribution < -0.4 is 4.74 Å². The molecule has 2 heterocycles. The summed E-state index contributed by atoms with van der Waals surface area (Å²) in [5.74, 6) is 0.598. The SMILES string of the molecule is CCOc1n[nH]c(-c2cn(-c3ccccc3)nc2-c2ccc(Cl)cc2)n1. The van der Waals surface area contributed by atoms with Gasteiger partial charge in [0.05, 0.1) is 17.9 Å². The Bertz CT molecular complexity index is 1010. The zero-order chi connectivity index (χ0) is 17.9. The molecule has 2 aromatic carbocycles. The van der Waals surface area contributed by atoms with E-state index in [1.54, 1.807) is 0 Å². The first kappa shape index (κ1) is 16.4. The summed E-state index contributed by atoms with van der Waals surface area (Å²) >= 11 is 6.02. The monoisotopic (exact) mass is 365 g/mol. The predicted octanol–water partition coefficient (Wildman–Crippen LogP) is 4.38. The fourth-order valence-electron chi connectivity index (χ4n) is 2.64. The molecule has 0 aliphatic heterocycles. The van der Waals surface area contributed by atoms with E-state index in [1.807, 2.05) is 72.4 Å². The molecule has 0 saturated heterocycles. The van der Waals surface area contributed by atoms with Crippen molar-refractivity contribution < 1.29 is 4.74 Å². The van der Waals surface area contributed by atoms with Gasteiger partial charge >= 0.3 is 6.01 Å². The van der Waals surface area contributed by atoms with E-state index in [0.29, 0.717) is 23.5 Å². The lowest BCUT2D eigenvalue weighted by Gasteiger charge is -2.01. The van der Waals surface area contributed by atoms with Crippen LogP contribution in [0.4, 0.5) is 0 Å². The first-order valence-electron chi connectivity index (χ1n) is 8.21. The van der Waals surface area contributed by atoms with E-state index in [0.717, 1.165) is 22.5 Å². The highest BCUT2D eigenvalue weighted by atomic mass is 35.5. The minimum Gasteiger partial charge on any atom is -0.463 e. The highest BCUT2D eigenvalue weighted by Crippen LogP contribution is 2.31. The third kappa shape index (κ3) is 3.19. The van der Waals surface area contributed by atoms with Crippen molar-refractivity contribution in [1.29, 1.82) is 0 Å². The van der Waals surface area contributed by atoms with Gasteiger partial charge in [0.25, 0.3) is 0 Å². The standard InChI is InChI=1S/C19H16ClN5O/c1-2-26-19-21-18(22-23-19)16-12-25(15-6-4-3-5-7-15)24-17(16)13-8-10-14(20)11-9-13/h3-12H,2H2,1H3,(H,21,22,23). The average molecular weight is 366 g/mol. The quantitative estimate of drug-likeness (QED) is 0.570. The third-order valence-corrected chi connectivity index (χ3v) is 4.10. The normalized spacial score (nSPS) is 10.8. The number of aromatic amines is 1. The van der Waals surface area contributed by atoms with E-state index in [2.05, 4.69) is 15.2 Å². The number of halogens is 1. The van der Waals surface area contributed by atoms with Crippen LogP contribution in [0.1, 0.15) is 6.92 Å². The van der Waals surface area contributed by atoms with E-state index in [4.69, 9.17) is 21.4 Å². The lowest BCUT2D eigenvalue weighted by molar-refractivity contribution is 0.314. The van der Waals surface area contributed by atoms with Gasteiger partial charge in [0.2, 0.25) is 0 Å². The minimum atomic E-state index is 0.317. The number of nitrogens with zero attached hydrogens (tertiary/aromatic N) is 4. The van der Waals surface area contributed by atoms with Gasteiger partial charge in [-0.3, -0.25) is 5.10 Å². The van der Waals surface area contributed by atoms with E-state index in [1.165, 1.54) is 0 Å². The predicted molar refractivity (Wildman–Crippen MR) is 101 cm³/mol. The van der Waals surface area contributed by atoms with Crippen molar-refractivity contribution in [3.63, 3.8) is 0 Å². The molecule has 4 aromatic rings. The average Bonchev–Trinajstić information content (AvgIpc) is 3.30. The number of H-pyrrole nitrogens is 1. The molecule has 2 aromatic heterocycles. The third-order valence-electron chi connectivity index (χ3n) is 3.85. The number of nitrogens with one attached hydrogen (secondary N) is 1. The molecule has 0 amide bonds. The molecule has 0 aliphatic rings. The van der Waals surface area contributed by atoms with Gasteiger partial charge in [-0.15, -0.1) is 5.10 Å². The molecule has 130 valence electrons. The van der Waals surface area contributed by atoms with Crippen LogP contribution in [0.2, 0.25) is 5.02 Å². The fourth-order valence-corrected chi connectivity index (χ4v) is 2.77. The summed E-state index contributed by atoms with van der Waals surface area (Å²) in [6.07, 6.45) is 1.93. The molecule has 0 atom stereocenters. The Morgan fingerprint density at radius 2 is 1.85 bits per heavy atom. The molecule has 0 radical (unpaired) electrons. The van der Waals surface area contributed by atoms with Crippen molar-refractivity contribution in [1.82, 2.24) is 25.0 Å². The molecule has 0 unspecified atom stereocenters. The lowest BCUT2D eigenvalue weighted by atomic mass is 10.1. The van der Waals surface area contributed by atoms with E-state index >= 15 is 0 Å². The zero-order valence-corrected chi connectivity index (χ0v) is 14.8. The van der Waals surface area contributed by atoms with E-state index in [-0.39, 0.29) is 0 Å². The summed E-state index contributed by atoms with van der Waals surface area (Å²) in [6.45, 7) is 2.40. The van der Waals surface area contributed by atoms with Crippen LogP contribution in [0.5, 0.6) is 6.01 Å². The molecule has 0 fully saturated rings. The Kier molecular flexibility index (Phi) is 4.41. The maximum atomic E-state index is 6.02. The maximum absolute atomic E-state index is 6.02. The number of hydrogen-bond donors (Lipinski definition) is 1. The Morgan fingerprint density at radius 1 is 1.08 bits per heavy atom. The molecule has 6 nitrogen and oxygen atoms in total. The van der Waals surface area contributed by atoms with Gasteiger partial charge in [0.1, 0.15) is 5.69 Å². The number of para-hydroxylation sites is 1. The van der Waals surface area contributed by atoms with Gasteiger partial charge in [-0.2, -0.15) is 10.1 Å². The van der Waals surface area contributed by atoms with Gasteiger partial charge < -0.3 is 4.74 Å². The van der Waals surface area contributed by atoms with Crippen LogP contribution in [0.25, 0.3) is 28.3 Å². The first-order chi connectivity index (χ1) is 12.7. The lowest BCUT2D eigenvalue weighted by Crippen LogP contribution is -1.93. The Balaban J connectivity index is 1.84. The fraction of sp³-hybridized carbons (Fsp3) is 0.105. The summed E-state index contributed by atoms with van der Waals surface area (Å²) < 4.78 is 7.18. The van der Waals surface area contributed by atoms with Crippen molar-refractivity contribution in [3.05, 3.63) is 65.8 Å². The molecule has 1 N–H and O–H groups in total. The van der Waals surface area contributed by atoms with E-state index < -0.39 is 0 Å². The van der Waals surface area contributed by atoms with Crippen molar-refractivity contribution in [3.8, 4) is 34.3 Å². The van der Waals surface area contributed by atoms with E-state index in [9.17, 15) is 0 Å². The number of ether oxygens (including phenoxy) is 1. The highest BCUT2D eigenvalue weighted by Gasteiger charge is 2.17. The second-order valence-corrected chi connectivity index (χ2v) is 6.01. The molecular formula is C19H16ClN5O. The minimum absolute atomic E-state index is 0.317. The molecule has 7 heteroatoms. The summed E-state index contributed by atoms with van der Waals surface area (Å²) in [5.41, 5.74) is 3.51. The Morgan fingerprint density at radius 3 is 2.58 bits per heavy atom. The van der Waals surface area contributed by atoms with Crippen LogP contribution in [0.3, 0.4) is 0 Å². The summed E-state index contributed by atoms with van der Waals surface area (Å²) in [7, 11) is 0. The summed E-state index contributed by atoms with van der Waals surface area (Å²) in [6, 6.07) is 17.8. The zero-order valence-electron chi connectivity index (χ0n) is 14.1. The Hall–Kier alpha value is -3.12. The maximum Gasteiger partial charge on any atom is 0.335 e. The van der Waals surface area contributed by atoms with Gasteiger partial charge in [-0.1, -0.05) is 41.9 Å². The van der Waals surface area contributed by atoms with Crippen molar-refractivity contribution >= 4 is 11.6 Å². The molecule has 0 spiro atoms. The largest absolute Gasteiger partial charge is 0.463 e. The van der Waals surface area contributed by atoms with Gasteiger partial charge in [-0.05, 0) is 31.2 Å². The molecule has 0 bridgehead atoms. The molecule has 26 heavy (non-hydrogen) atoms. The van der Waals surface area contributed by atoms with Crippen molar-refractivity contribution in [2.45, 2.75) is 6.92 Å². The summed E-state index contributed by atoms with van der Waals surface area (Å²) in [5, 5.41) is 12.5. The Labute approximate surface area is 155 Å². The first-order valence-corrected chi connectivity index (χ1v) is 8.59. The van der Waals surface area contributed by atoms with Crippen molar-refractivity contribution in [2.24, 2.45) is 0 Å². The van der Waals surface area contributed by atoms with Crippen molar-refractivity contribution in [2.75, 3.05) is 6.61 Å². The number of hydrogen-bond acceptors (Lipinski definition) is 4. The number of aromatic nitrogens is 5. The van der Waals surface area contributed by atoms with Crippen LogP contribution in [0.15, 0.2) is 60.8 Å². The van der Waals surface area contributed by atoms with Gasteiger partial charge in [-0.25, -0.2) is 4.68 Å². The van der Waals surface area contributed by atoms with Crippen LogP contribution in [-0.4, -0.2) is 31.6 Å². The molecule has 4 rings (SSSR count). The molecular weight excluding hydrogens is 350 g/mol. The molecule has 0 saturated carbocycles. The van der Waals surface area contributed by atoms with Gasteiger partial charge in [0.15, 0.2) is 5.82 Å². The topological polar surface area (TPSA) is 68.6 Å². The highest BCUT2D eigenvalue weighted by molar-refractivity contribution is 6.30.